The number of nitrogens with one attached hydrogen (secondary N) is 1. The molecule has 0 aliphatic carbocycles. The number of ether oxygens (including phenoxy) is 1. The van der Waals surface area contributed by atoms with E-state index in [1.807, 2.05) is 0 Å². The van der Waals surface area contributed by atoms with Gasteiger partial charge in [-0.2, -0.15) is 0 Å². The second-order valence-corrected chi connectivity index (χ2v) is 9.05. The number of carbonyl (C=O) groups is 1. The standard InChI is InChI=1S/C22H17F4N5O5/c1-21(2,33)20-30-14-12(23)10-6-9-13(28-7-27-9)15(31(10)19(32)17(14)35-20)18-29-8-4-3-5-11(16(8)34-18)36-22(24,25)26/h3-5,7,10,12,15,33H,6H2,1-2H3,(H,27,28)/t10?,12?,15-/m0/s1. The summed E-state index contributed by atoms with van der Waals surface area (Å²) in [6, 6.07) is 1.52. The molecule has 3 atom stereocenters. The van der Waals surface area contributed by atoms with Gasteiger partial charge in [0, 0.05) is 12.1 Å². The summed E-state index contributed by atoms with van der Waals surface area (Å²) < 4.78 is 69.7. The molecule has 14 heteroatoms. The lowest BCUT2D eigenvalue weighted by atomic mass is 9.88. The van der Waals surface area contributed by atoms with Crippen LogP contribution in [0.15, 0.2) is 33.4 Å². The number of aliphatic hydroxyl groups is 1. The molecule has 2 aliphatic heterocycles. The number of aromatic amines is 1. The minimum atomic E-state index is -4.97. The first kappa shape index (κ1) is 22.5. The molecule has 1 amide bonds. The van der Waals surface area contributed by atoms with E-state index in [1.165, 1.54) is 32.3 Å². The quantitative estimate of drug-likeness (QED) is 0.400. The number of hydrogen-bond donors (Lipinski definition) is 2. The zero-order valence-corrected chi connectivity index (χ0v) is 18.6. The summed E-state index contributed by atoms with van der Waals surface area (Å²) in [4.78, 5) is 30.2. The first-order valence-corrected chi connectivity index (χ1v) is 10.8. The van der Waals surface area contributed by atoms with Crippen molar-refractivity contribution in [2.24, 2.45) is 0 Å². The van der Waals surface area contributed by atoms with Gasteiger partial charge in [-0.15, -0.1) is 13.2 Å². The molecule has 0 fully saturated rings. The van der Waals surface area contributed by atoms with Crippen molar-refractivity contribution in [2.75, 3.05) is 0 Å². The molecule has 188 valence electrons. The Morgan fingerprint density at radius 2 is 1.97 bits per heavy atom. The van der Waals surface area contributed by atoms with Gasteiger partial charge in [0.15, 0.2) is 23.5 Å². The normalized spacial score (nSPS) is 21.9. The number of rotatable bonds is 3. The van der Waals surface area contributed by atoms with Crippen LogP contribution in [0.2, 0.25) is 0 Å². The molecule has 6 rings (SSSR count). The molecule has 36 heavy (non-hydrogen) atoms. The maximum absolute atomic E-state index is 15.8. The Kier molecular flexibility index (Phi) is 4.56. The number of halogens is 4. The van der Waals surface area contributed by atoms with E-state index < -0.39 is 47.6 Å². The third-order valence-corrected chi connectivity index (χ3v) is 6.12. The van der Waals surface area contributed by atoms with Crippen LogP contribution >= 0.6 is 0 Å². The molecular formula is C22H17F4N5O5. The molecule has 0 radical (unpaired) electrons. The molecule has 0 spiro atoms. The van der Waals surface area contributed by atoms with E-state index in [-0.39, 0.29) is 35.0 Å². The summed E-state index contributed by atoms with van der Waals surface area (Å²) in [7, 11) is 0. The number of amides is 1. The van der Waals surface area contributed by atoms with Gasteiger partial charge in [0.05, 0.1) is 18.1 Å². The van der Waals surface area contributed by atoms with Crippen molar-refractivity contribution in [1.29, 1.82) is 0 Å². The Labute approximate surface area is 198 Å². The van der Waals surface area contributed by atoms with Crippen LogP contribution in [0.25, 0.3) is 11.1 Å². The Morgan fingerprint density at radius 3 is 2.69 bits per heavy atom. The highest BCUT2D eigenvalue weighted by atomic mass is 19.4. The van der Waals surface area contributed by atoms with Crippen LogP contribution in [0.4, 0.5) is 17.6 Å². The smallest absolute Gasteiger partial charge is 0.434 e. The third kappa shape index (κ3) is 3.35. The number of carbonyl (C=O) groups excluding carboxylic acids is 1. The van der Waals surface area contributed by atoms with Crippen LogP contribution in [0.1, 0.15) is 65.5 Å². The highest BCUT2D eigenvalue weighted by molar-refractivity contribution is 5.95. The summed E-state index contributed by atoms with van der Waals surface area (Å²) in [5.41, 5.74) is -1.27. The van der Waals surface area contributed by atoms with E-state index in [4.69, 9.17) is 8.83 Å². The molecule has 2 aliphatic rings. The molecule has 0 saturated carbocycles. The lowest BCUT2D eigenvalue weighted by Gasteiger charge is -2.42. The van der Waals surface area contributed by atoms with Crippen molar-refractivity contribution in [2.45, 2.75) is 50.5 Å². The van der Waals surface area contributed by atoms with E-state index in [0.29, 0.717) is 11.4 Å². The van der Waals surface area contributed by atoms with E-state index in [0.717, 1.165) is 11.0 Å². The fourth-order valence-corrected chi connectivity index (χ4v) is 4.61. The summed E-state index contributed by atoms with van der Waals surface area (Å²) in [5, 5.41) is 10.3. The van der Waals surface area contributed by atoms with E-state index in [2.05, 4.69) is 24.7 Å². The predicted octanol–water partition coefficient (Wildman–Crippen LogP) is 3.85. The van der Waals surface area contributed by atoms with Crippen molar-refractivity contribution >= 4 is 17.0 Å². The number of para-hydroxylation sites is 1. The van der Waals surface area contributed by atoms with E-state index >= 15 is 4.39 Å². The predicted molar refractivity (Wildman–Crippen MR) is 110 cm³/mol. The average Bonchev–Trinajstić information content (AvgIpc) is 3.52. The Hall–Kier alpha value is -3.94. The van der Waals surface area contributed by atoms with Gasteiger partial charge >= 0.3 is 6.36 Å². The van der Waals surface area contributed by atoms with Crippen LogP contribution in [-0.2, 0) is 12.0 Å². The average molecular weight is 507 g/mol. The molecule has 5 heterocycles. The van der Waals surface area contributed by atoms with Crippen molar-refractivity contribution < 1.29 is 41.0 Å². The van der Waals surface area contributed by atoms with Crippen LogP contribution in [0.3, 0.4) is 0 Å². The zero-order chi connectivity index (χ0) is 25.6. The van der Waals surface area contributed by atoms with Crippen molar-refractivity contribution in [3.05, 3.63) is 59.1 Å². The second kappa shape index (κ2) is 7.29. The molecule has 10 nitrogen and oxygen atoms in total. The van der Waals surface area contributed by atoms with E-state index in [1.54, 1.807) is 0 Å². The molecule has 2 unspecified atom stereocenters. The summed E-state index contributed by atoms with van der Waals surface area (Å²) in [6.07, 6.45) is -5.37. The maximum atomic E-state index is 15.8. The number of hydrogen-bond acceptors (Lipinski definition) is 8. The van der Waals surface area contributed by atoms with Crippen molar-refractivity contribution in [1.82, 2.24) is 24.8 Å². The summed E-state index contributed by atoms with van der Waals surface area (Å²) in [5.74, 6) is -2.18. The fraction of sp³-hybridized carbons (Fsp3) is 0.364. The lowest BCUT2D eigenvalue weighted by Crippen LogP contribution is -2.52. The lowest BCUT2D eigenvalue weighted by molar-refractivity contribution is -0.274. The van der Waals surface area contributed by atoms with Gasteiger partial charge in [-0.25, -0.2) is 19.3 Å². The van der Waals surface area contributed by atoms with Gasteiger partial charge in [-0.3, -0.25) is 4.79 Å². The molecule has 0 saturated heterocycles. The molecule has 1 aromatic carbocycles. The second-order valence-electron chi connectivity index (χ2n) is 9.05. The summed E-state index contributed by atoms with van der Waals surface area (Å²) in [6.45, 7) is 2.76. The minimum Gasteiger partial charge on any atom is -0.434 e. The third-order valence-electron chi connectivity index (χ3n) is 6.12. The fourth-order valence-electron chi connectivity index (χ4n) is 4.61. The first-order chi connectivity index (χ1) is 16.9. The number of H-pyrrole nitrogens is 1. The number of aromatic nitrogens is 4. The van der Waals surface area contributed by atoms with Gasteiger partial charge in [0.25, 0.3) is 5.91 Å². The molecule has 0 bridgehead atoms. The minimum absolute atomic E-state index is 0.0388. The van der Waals surface area contributed by atoms with Crippen LogP contribution in [0, 0.1) is 0 Å². The Morgan fingerprint density at radius 1 is 1.19 bits per heavy atom. The summed E-state index contributed by atoms with van der Waals surface area (Å²) >= 11 is 0. The monoisotopic (exact) mass is 507 g/mol. The number of alkyl halides is 4. The largest absolute Gasteiger partial charge is 0.573 e. The number of imidazole rings is 1. The highest BCUT2D eigenvalue weighted by Gasteiger charge is 2.53. The number of nitrogens with zero attached hydrogens (tertiary/aromatic N) is 4. The van der Waals surface area contributed by atoms with Gasteiger partial charge < -0.3 is 28.6 Å². The Balaban J connectivity index is 1.50. The Bertz CT molecular complexity index is 1500. The number of oxazole rings is 2. The van der Waals surface area contributed by atoms with Gasteiger partial charge in [-0.05, 0) is 26.0 Å². The van der Waals surface area contributed by atoms with Gasteiger partial charge in [0.2, 0.25) is 17.5 Å². The van der Waals surface area contributed by atoms with E-state index in [9.17, 15) is 23.1 Å². The van der Waals surface area contributed by atoms with Gasteiger partial charge in [-0.1, -0.05) is 6.07 Å². The van der Waals surface area contributed by atoms with Crippen LogP contribution in [-0.4, -0.2) is 48.3 Å². The van der Waals surface area contributed by atoms with Crippen molar-refractivity contribution in [3.63, 3.8) is 0 Å². The highest BCUT2D eigenvalue weighted by Crippen LogP contribution is 2.47. The number of benzene rings is 1. The first-order valence-electron chi connectivity index (χ1n) is 10.8. The maximum Gasteiger partial charge on any atom is 0.573 e. The molecule has 2 N–H and O–H groups in total. The van der Waals surface area contributed by atoms with Crippen LogP contribution < -0.4 is 4.74 Å². The zero-order valence-electron chi connectivity index (χ0n) is 18.6. The molecule has 3 aromatic heterocycles. The topological polar surface area (TPSA) is 131 Å². The van der Waals surface area contributed by atoms with Crippen LogP contribution in [0.5, 0.6) is 5.75 Å². The molecule has 4 aromatic rings. The SMILES string of the molecule is CC(C)(O)c1nc2c(o1)C(=O)N1C(Cc3[nH]cnc3[C@H]1c1nc3cccc(OC(F)(F)F)c3o1)C2F. The molecular weight excluding hydrogens is 490 g/mol. The van der Waals surface area contributed by atoms with Gasteiger partial charge in [0.1, 0.15) is 16.8 Å². The number of fused-ring (bicyclic) bond motifs is 4. The van der Waals surface area contributed by atoms with Crippen molar-refractivity contribution in [3.8, 4) is 5.75 Å².